The molecule has 3 N–H and O–H groups in total. The molecule has 0 saturated heterocycles. The van der Waals surface area contributed by atoms with Crippen LogP contribution >= 0.6 is 0 Å². The van der Waals surface area contributed by atoms with Crippen LogP contribution < -0.4 is 5.73 Å². The van der Waals surface area contributed by atoms with Crippen LogP contribution in [-0.2, 0) is 4.79 Å². The van der Waals surface area contributed by atoms with Crippen LogP contribution in [0.1, 0.15) is 13.3 Å². The molecule has 3 nitrogen and oxygen atoms in total. The largest absolute Gasteiger partial charge is 0.385 e. The van der Waals surface area contributed by atoms with Crippen LogP contribution in [0.15, 0.2) is 0 Å². The molecule has 0 amide bonds. The molecule has 8 heavy (non-hydrogen) atoms. The molecule has 1 atom stereocenters. The van der Waals surface area contributed by atoms with Gasteiger partial charge in [0, 0.05) is 0 Å². The summed E-state index contributed by atoms with van der Waals surface area (Å²) in [6.45, 7) is 1.67. The summed E-state index contributed by atoms with van der Waals surface area (Å²) in [5, 5.41) is 8.70. The molecule has 0 aromatic carbocycles. The summed E-state index contributed by atoms with van der Waals surface area (Å²) >= 11 is 0. The van der Waals surface area contributed by atoms with Crippen LogP contribution in [0.5, 0.6) is 0 Å². The van der Waals surface area contributed by atoms with E-state index in [1.54, 1.807) is 6.92 Å². The molecule has 0 fully saturated rings. The molecule has 0 rings (SSSR count). The molecule has 48 valence electrons. The molecule has 0 unspecified atom stereocenters. The minimum absolute atomic E-state index is 0.0605. The van der Waals surface area contributed by atoms with E-state index in [1.165, 1.54) is 0 Å². The van der Waals surface area contributed by atoms with Gasteiger partial charge in [-0.2, -0.15) is 0 Å². The molecule has 0 aromatic heterocycles. The number of nitrogens with two attached hydrogens (primary N) is 1. The highest BCUT2D eigenvalue weighted by Crippen LogP contribution is 1.88. The quantitative estimate of drug-likeness (QED) is 0.513. The minimum Gasteiger partial charge on any atom is -0.385 e. The highest BCUT2D eigenvalue weighted by molar-refractivity contribution is 5.84. The highest BCUT2D eigenvalue weighted by atomic mass is 16.3. The lowest BCUT2D eigenvalue weighted by atomic mass is 10.2. The SMILES string of the molecule is CC[C@H](O)C(=O)CN. The third-order valence-corrected chi connectivity index (χ3v) is 0.960. The summed E-state index contributed by atoms with van der Waals surface area (Å²) in [5.41, 5.74) is 4.94. The van der Waals surface area contributed by atoms with Crippen molar-refractivity contribution in [1.82, 2.24) is 0 Å². The van der Waals surface area contributed by atoms with Crippen molar-refractivity contribution >= 4 is 5.78 Å². The number of carbonyl (C=O) groups is 1. The fourth-order valence-corrected chi connectivity index (χ4v) is 0.364. The zero-order chi connectivity index (χ0) is 6.57. The van der Waals surface area contributed by atoms with Gasteiger partial charge in [0.05, 0.1) is 6.54 Å². The maximum Gasteiger partial charge on any atom is 0.174 e. The maximum atomic E-state index is 10.4. The molecule has 0 bridgehead atoms. The smallest absolute Gasteiger partial charge is 0.174 e. The van der Waals surface area contributed by atoms with Gasteiger partial charge >= 0.3 is 0 Å². The third kappa shape index (κ3) is 2.04. The van der Waals surface area contributed by atoms with Gasteiger partial charge < -0.3 is 10.8 Å². The molecule has 0 aliphatic rings. The molecule has 0 heterocycles. The Morgan fingerprint density at radius 2 is 2.38 bits per heavy atom. The van der Waals surface area contributed by atoms with Crippen LogP contribution in [0.3, 0.4) is 0 Å². The van der Waals surface area contributed by atoms with E-state index < -0.39 is 6.10 Å². The molecule has 0 spiro atoms. The zero-order valence-corrected chi connectivity index (χ0v) is 4.92. The van der Waals surface area contributed by atoms with Gasteiger partial charge in [0.15, 0.2) is 5.78 Å². The number of Topliss-reactive ketones (excluding diaryl/α,β-unsaturated/α-hetero) is 1. The molecular weight excluding hydrogens is 106 g/mol. The first-order chi connectivity index (χ1) is 3.72. The Morgan fingerprint density at radius 1 is 1.88 bits per heavy atom. The lowest BCUT2D eigenvalue weighted by molar-refractivity contribution is -0.125. The van der Waals surface area contributed by atoms with Crippen molar-refractivity contribution < 1.29 is 9.90 Å². The van der Waals surface area contributed by atoms with Crippen molar-refractivity contribution in [2.75, 3.05) is 6.54 Å². The minimum atomic E-state index is -0.847. The molecule has 0 aromatic rings. The van der Waals surface area contributed by atoms with Crippen molar-refractivity contribution in [2.45, 2.75) is 19.4 Å². The van der Waals surface area contributed by atoms with Gasteiger partial charge in [-0.25, -0.2) is 0 Å². The predicted octanol–water partition coefficient (Wildman–Crippen LogP) is -0.715. The summed E-state index contributed by atoms with van der Waals surface area (Å²) in [5.74, 6) is -0.285. The molecule has 0 radical (unpaired) electrons. The number of hydrogen-bond acceptors (Lipinski definition) is 3. The normalized spacial score (nSPS) is 13.4. The molecular formula is C5H11NO2. The van der Waals surface area contributed by atoms with Crippen molar-refractivity contribution in [3.8, 4) is 0 Å². The van der Waals surface area contributed by atoms with Crippen LogP contribution in [0.2, 0.25) is 0 Å². The Kier molecular flexibility index (Phi) is 3.39. The number of aliphatic hydroxyl groups is 1. The van der Waals surface area contributed by atoms with Crippen molar-refractivity contribution in [2.24, 2.45) is 5.73 Å². The van der Waals surface area contributed by atoms with Gasteiger partial charge in [-0.1, -0.05) is 6.92 Å². The summed E-state index contributed by atoms with van der Waals surface area (Å²) in [6, 6.07) is 0. The van der Waals surface area contributed by atoms with E-state index in [-0.39, 0.29) is 12.3 Å². The second-order valence-corrected chi connectivity index (χ2v) is 1.59. The summed E-state index contributed by atoms with van der Waals surface area (Å²) in [6.07, 6.45) is -0.393. The fraction of sp³-hybridized carbons (Fsp3) is 0.800. The first-order valence-electron chi connectivity index (χ1n) is 2.63. The second-order valence-electron chi connectivity index (χ2n) is 1.59. The summed E-state index contributed by atoms with van der Waals surface area (Å²) in [4.78, 5) is 10.4. The van der Waals surface area contributed by atoms with E-state index in [2.05, 4.69) is 0 Å². The lowest BCUT2D eigenvalue weighted by Crippen LogP contribution is -2.26. The third-order valence-electron chi connectivity index (χ3n) is 0.960. The number of carbonyl (C=O) groups excluding carboxylic acids is 1. The summed E-state index contributed by atoms with van der Waals surface area (Å²) < 4.78 is 0. The Hall–Kier alpha value is -0.410. The maximum absolute atomic E-state index is 10.4. The van der Waals surface area contributed by atoms with Crippen molar-refractivity contribution in [1.29, 1.82) is 0 Å². The Morgan fingerprint density at radius 3 is 2.50 bits per heavy atom. The van der Waals surface area contributed by atoms with Crippen molar-refractivity contribution in [3.63, 3.8) is 0 Å². The van der Waals surface area contributed by atoms with Gasteiger partial charge in [0.25, 0.3) is 0 Å². The van der Waals surface area contributed by atoms with E-state index in [0.717, 1.165) is 0 Å². The van der Waals surface area contributed by atoms with Crippen LogP contribution in [-0.4, -0.2) is 23.5 Å². The first-order valence-corrected chi connectivity index (χ1v) is 2.63. The fourth-order valence-electron chi connectivity index (χ4n) is 0.364. The van der Waals surface area contributed by atoms with E-state index in [1.807, 2.05) is 0 Å². The molecule has 0 saturated carbocycles. The lowest BCUT2D eigenvalue weighted by Gasteiger charge is -2.01. The summed E-state index contributed by atoms with van der Waals surface area (Å²) in [7, 11) is 0. The highest BCUT2D eigenvalue weighted by Gasteiger charge is 2.08. The van der Waals surface area contributed by atoms with E-state index in [0.29, 0.717) is 6.42 Å². The van der Waals surface area contributed by atoms with Gasteiger partial charge in [-0.15, -0.1) is 0 Å². The van der Waals surface area contributed by atoms with E-state index >= 15 is 0 Å². The Balaban J connectivity index is 3.46. The zero-order valence-electron chi connectivity index (χ0n) is 4.92. The Labute approximate surface area is 48.5 Å². The number of ketones is 1. The monoisotopic (exact) mass is 117 g/mol. The topological polar surface area (TPSA) is 63.3 Å². The Bertz CT molecular complexity index is 82.5. The predicted molar refractivity (Wildman–Crippen MR) is 30.4 cm³/mol. The van der Waals surface area contributed by atoms with Gasteiger partial charge in [-0.3, -0.25) is 4.79 Å². The van der Waals surface area contributed by atoms with Crippen LogP contribution in [0, 0.1) is 0 Å². The van der Waals surface area contributed by atoms with E-state index in [4.69, 9.17) is 10.8 Å². The van der Waals surface area contributed by atoms with E-state index in [9.17, 15) is 4.79 Å². The van der Waals surface area contributed by atoms with Crippen LogP contribution in [0.4, 0.5) is 0 Å². The van der Waals surface area contributed by atoms with Crippen molar-refractivity contribution in [3.05, 3.63) is 0 Å². The number of hydrogen-bond donors (Lipinski definition) is 2. The van der Waals surface area contributed by atoms with Crippen LogP contribution in [0.25, 0.3) is 0 Å². The molecule has 3 heteroatoms. The number of aliphatic hydroxyl groups excluding tert-OH is 1. The standard InChI is InChI=1S/C5H11NO2/c1-2-4(7)5(8)3-6/h4,7H,2-3,6H2,1H3/t4-/m0/s1. The number of rotatable bonds is 3. The second kappa shape index (κ2) is 3.57. The van der Waals surface area contributed by atoms with Gasteiger partial charge in [0.1, 0.15) is 6.10 Å². The van der Waals surface area contributed by atoms with Gasteiger partial charge in [-0.05, 0) is 6.42 Å². The first kappa shape index (κ1) is 7.59. The van der Waals surface area contributed by atoms with Gasteiger partial charge in [0.2, 0.25) is 0 Å². The average Bonchev–Trinajstić information content (AvgIpc) is 1.84. The average molecular weight is 117 g/mol. The molecule has 0 aliphatic heterocycles. The molecule has 0 aliphatic carbocycles.